The molecule has 0 spiro atoms. The lowest BCUT2D eigenvalue weighted by Crippen LogP contribution is -2.36. The number of unbranched alkanes of at least 4 members (excludes halogenated alkanes) is 1. The molecule has 0 aliphatic heterocycles. The molecule has 4 aliphatic carbocycles. The SMILES string of the molecule is Cc1cc(Nc2nc(C(=O)NC3CCCCC3)cn3c(-c4cnn(C)c4)cnc23)sn1.Cc1cc(Nc2nc(C3CCCCC3)c(Cl)n3c(-c4cnn(C)c4)cnc23)sn1.Cc1cc(Nc2nc(C3CCCCC3)cn3c(-c4cnn(C)c4)cnc23)sc1S(=O)(=O)N(C)C.Cc1cc(Nc2nc(CCCCC3CC3)cn3c(-c4cnn(C)c4)cnc23)sc1S(=O)(=O)N(C)C. The van der Waals surface area contributed by atoms with E-state index in [0.29, 0.717) is 93.1 Å². The van der Waals surface area contributed by atoms with Gasteiger partial charge in [0.15, 0.2) is 45.9 Å². The van der Waals surface area contributed by atoms with Crippen molar-refractivity contribution < 1.29 is 21.6 Å². The number of rotatable bonds is 25. The predicted molar refractivity (Wildman–Crippen MR) is 509 cm³/mol. The number of carbonyl (C=O) groups excluding carboxylic acids is 1. The molecule has 20 rings (SSSR count). The van der Waals surface area contributed by atoms with Crippen molar-refractivity contribution in [3.63, 3.8) is 0 Å². The van der Waals surface area contributed by atoms with E-state index in [1.807, 2.05) is 151 Å². The lowest BCUT2D eigenvalue weighted by molar-refractivity contribution is 0.0922. The fraction of sp³-hybridized carbons (Fsp3) is 0.420. The Morgan fingerprint density at radius 3 is 1.33 bits per heavy atom. The summed E-state index contributed by atoms with van der Waals surface area (Å²) in [6.45, 7) is 7.55. The number of imidazole rings is 4. The molecular weight excluding hydrogens is 1770 g/mol. The number of carbonyl (C=O) groups is 1. The van der Waals surface area contributed by atoms with Crippen molar-refractivity contribution in [1.82, 2.24) is 119 Å². The highest BCUT2D eigenvalue weighted by Crippen LogP contribution is 2.43. The van der Waals surface area contributed by atoms with Gasteiger partial charge in [0.1, 0.15) is 29.3 Å². The van der Waals surface area contributed by atoms with Gasteiger partial charge in [-0.1, -0.05) is 95.1 Å². The molecule has 676 valence electrons. The average molecular weight is 1880 g/mol. The van der Waals surface area contributed by atoms with Crippen LogP contribution in [-0.2, 0) is 54.7 Å². The van der Waals surface area contributed by atoms with E-state index >= 15 is 0 Å². The van der Waals surface area contributed by atoms with Crippen LogP contribution in [0.15, 0.2) is 126 Å². The Balaban J connectivity index is 0.000000121. The van der Waals surface area contributed by atoms with Crippen LogP contribution in [0.3, 0.4) is 0 Å². The lowest BCUT2D eigenvalue weighted by Gasteiger charge is -2.23. The van der Waals surface area contributed by atoms with Crippen LogP contribution in [-0.4, -0.2) is 171 Å². The maximum atomic E-state index is 13.1. The van der Waals surface area contributed by atoms with Crippen LogP contribution < -0.4 is 26.6 Å². The van der Waals surface area contributed by atoms with Gasteiger partial charge in [0.25, 0.3) is 26.0 Å². The Bertz CT molecular complexity index is 6950. The minimum absolute atomic E-state index is 0.164. The number of halogens is 1. The van der Waals surface area contributed by atoms with Crippen molar-refractivity contribution in [3.8, 4) is 45.0 Å². The number of nitrogens with one attached hydrogen (secondary N) is 5. The fourth-order valence-electron chi connectivity index (χ4n) is 16.8. The Morgan fingerprint density at radius 1 is 0.457 bits per heavy atom. The van der Waals surface area contributed by atoms with Gasteiger partial charge < -0.3 is 26.6 Å². The van der Waals surface area contributed by atoms with E-state index in [1.54, 1.807) is 65.5 Å². The number of fused-ring (bicyclic) bond motifs is 4. The summed E-state index contributed by atoms with van der Waals surface area (Å²) in [5.41, 5.74) is 16.9. The zero-order valence-corrected chi connectivity index (χ0v) is 79.9. The third kappa shape index (κ3) is 20.1. The van der Waals surface area contributed by atoms with Crippen molar-refractivity contribution in [3.05, 3.63) is 168 Å². The normalized spacial score (nSPS) is 14.9. The van der Waals surface area contributed by atoms with Gasteiger partial charge in [-0.3, -0.25) is 41.1 Å². The predicted octanol–water partition coefficient (Wildman–Crippen LogP) is 18.2. The first-order valence-electron chi connectivity index (χ1n) is 43.6. The summed E-state index contributed by atoms with van der Waals surface area (Å²) in [6, 6.07) is 7.88. The molecule has 41 heteroatoms. The van der Waals surface area contributed by atoms with Gasteiger partial charge >= 0.3 is 0 Å². The third-order valence-corrected chi connectivity index (χ3v) is 32.9. The van der Waals surface area contributed by atoms with E-state index in [9.17, 15) is 21.6 Å². The van der Waals surface area contributed by atoms with E-state index in [4.69, 9.17) is 26.6 Å². The van der Waals surface area contributed by atoms with E-state index in [2.05, 4.69) is 102 Å². The summed E-state index contributed by atoms with van der Waals surface area (Å²) in [5, 5.41) is 37.7. The second-order valence-electron chi connectivity index (χ2n) is 34.2. The summed E-state index contributed by atoms with van der Waals surface area (Å²) in [7, 11) is 6.72. The number of sulfonamides is 2. The first kappa shape index (κ1) is 89.7. The van der Waals surface area contributed by atoms with E-state index in [-0.39, 0.29) is 11.9 Å². The molecular formula is C88H106ClN29O5S6. The Hall–Kier alpha value is -11.2. The average Bonchev–Trinajstić information content (AvgIpc) is 1.58. The number of aryl methyl sites for hydroxylation is 9. The largest absolute Gasteiger partial charge is 0.348 e. The Morgan fingerprint density at radius 2 is 0.876 bits per heavy atom. The van der Waals surface area contributed by atoms with Crippen molar-refractivity contribution in [2.24, 2.45) is 34.1 Å². The van der Waals surface area contributed by atoms with Gasteiger partial charge in [0, 0.05) is 140 Å². The first-order valence-corrected chi connectivity index (χ1v) is 50.0. The molecule has 4 saturated carbocycles. The minimum atomic E-state index is -3.52. The summed E-state index contributed by atoms with van der Waals surface area (Å²) in [6.07, 6.45) is 53.1. The van der Waals surface area contributed by atoms with Crippen molar-refractivity contribution >= 4 is 149 Å². The van der Waals surface area contributed by atoms with Crippen molar-refractivity contribution in [1.29, 1.82) is 0 Å². The first-order chi connectivity index (χ1) is 62.1. The van der Waals surface area contributed by atoms with Crippen LogP contribution in [0.25, 0.3) is 67.6 Å². The van der Waals surface area contributed by atoms with Gasteiger partial charge in [0.05, 0.1) is 111 Å². The smallest absolute Gasteiger partial charge is 0.271 e. The molecule has 16 aromatic rings. The molecule has 0 bridgehead atoms. The quantitative estimate of drug-likeness (QED) is 0.0332. The number of anilines is 8. The summed E-state index contributed by atoms with van der Waals surface area (Å²) in [5.74, 6) is 4.03. The van der Waals surface area contributed by atoms with E-state index in [1.165, 1.54) is 125 Å². The molecule has 129 heavy (non-hydrogen) atoms. The molecule has 0 radical (unpaired) electrons. The highest BCUT2D eigenvalue weighted by Gasteiger charge is 2.31. The minimum Gasteiger partial charge on any atom is -0.348 e. The van der Waals surface area contributed by atoms with Crippen LogP contribution in [0, 0.1) is 33.6 Å². The van der Waals surface area contributed by atoms with Crippen LogP contribution in [0.1, 0.15) is 190 Å². The molecule has 34 nitrogen and oxygen atoms in total. The summed E-state index contributed by atoms with van der Waals surface area (Å²) in [4.78, 5) is 51.2. The highest BCUT2D eigenvalue weighted by molar-refractivity contribution is 7.91. The molecule has 0 aromatic carbocycles. The topological polar surface area (TPSA) is 370 Å². The van der Waals surface area contributed by atoms with Crippen LogP contribution in [0.4, 0.5) is 43.3 Å². The second-order valence-corrected chi connectivity index (χ2v) is 43.0. The second kappa shape index (κ2) is 38.4. The Labute approximate surface area is 769 Å². The van der Waals surface area contributed by atoms with Crippen LogP contribution in [0.5, 0.6) is 0 Å². The number of hydrogen-bond acceptors (Lipinski definition) is 27. The lowest BCUT2D eigenvalue weighted by atomic mass is 9.87. The number of nitrogens with zero attached hydrogens (tertiary/aromatic N) is 24. The maximum absolute atomic E-state index is 13.1. The van der Waals surface area contributed by atoms with Crippen molar-refractivity contribution in [2.45, 2.75) is 189 Å². The molecule has 16 aromatic heterocycles. The third-order valence-electron chi connectivity index (χ3n) is 23.7. The maximum Gasteiger partial charge on any atom is 0.271 e. The molecule has 0 atom stereocenters. The van der Waals surface area contributed by atoms with Gasteiger partial charge in [0.2, 0.25) is 0 Å². The van der Waals surface area contributed by atoms with Crippen LogP contribution in [0.2, 0.25) is 5.15 Å². The van der Waals surface area contributed by atoms with Gasteiger partial charge in [-0.05, 0) is 143 Å². The highest BCUT2D eigenvalue weighted by atomic mass is 35.5. The van der Waals surface area contributed by atoms with E-state index < -0.39 is 20.0 Å². The van der Waals surface area contributed by atoms with Gasteiger partial charge in [-0.15, -0.1) is 22.7 Å². The standard InChI is InChI=1S/C24H31N7O2S2.C23H29N7O2S2.C21H24N8OS.C20H22ClN7S/c1-16-11-21(34-24(16)35(32,33)29(2)3)28-22-23-25-13-20(18-12-26-30(4)14-18)31(23)15-19(27-22)8-6-5-7-17-9-10-17;1-15-10-20(33-23(15)34(31,32)28(2)3)27-21-22-24-12-19(17-11-25-29(4)13-17)30(22)14-18(26-21)16-8-6-5-7-9-16;1-13-8-18(31-27-13)26-19-20-22-10-17(14-9-23-28(2)11-14)29(20)12-16(25-19)21(30)24-15-6-4-3-5-7-15;1-12-8-16(29-26-12)24-19-20-22-10-15(14-9-23-27(2)11-14)28(20)18(21)17(25-19)13-6-4-3-5-7-13/h11-15,17H,5-10H2,1-4H3,(H,27,28);10-14,16H,5-9H2,1-4H3,(H,26,27);8-12,15H,3-7H2,1-2H3,(H,24,30)(H,25,26);8-11,13H,3-7H2,1-2H3,(H,24,25). The molecule has 5 N–H and O–H groups in total. The van der Waals surface area contributed by atoms with Gasteiger partial charge in [-0.25, -0.2) is 65.3 Å². The number of amides is 1. The number of hydrogen-bond donors (Lipinski definition) is 5. The van der Waals surface area contributed by atoms with Gasteiger partial charge in [-0.2, -0.15) is 29.1 Å². The molecule has 0 saturated heterocycles. The molecule has 4 fully saturated rings. The molecule has 1 amide bonds. The molecule has 4 aliphatic rings. The zero-order valence-electron chi connectivity index (χ0n) is 74.2. The summed E-state index contributed by atoms with van der Waals surface area (Å²) < 4.78 is 77.8. The molecule has 0 unspecified atom stereocenters. The monoisotopic (exact) mass is 1880 g/mol. The van der Waals surface area contributed by atoms with Crippen LogP contribution >= 0.6 is 57.3 Å². The fourth-order valence-corrected chi connectivity index (χ4v) is 24.0. The zero-order chi connectivity index (χ0) is 90.1. The van der Waals surface area contributed by atoms with Crippen molar-refractivity contribution in [2.75, 3.05) is 49.5 Å². The summed E-state index contributed by atoms with van der Waals surface area (Å²) >= 11 is 12.1. The molecule has 16 heterocycles. The van der Waals surface area contributed by atoms with E-state index in [0.717, 1.165) is 159 Å². The number of thiophene rings is 2. The number of aromatic nitrogens is 22. The Kier molecular flexibility index (Phi) is 26.7.